The molecule has 0 unspecified atom stereocenters. The molecule has 1 aromatic heterocycles. The molecule has 6 nitrogen and oxygen atoms in total. The molecular formula is C26H20F3N3O3. The number of carbonyl (C=O) groups is 2. The summed E-state index contributed by atoms with van der Waals surface area (Å²) in [6.07, 6.45) is -3.16. The summed E-state index contributed by atoms with van der Waals surface area (Å²) in [5, 5.41) is 5.43. The zero-order valence-electron chi connectivity index (χ0n) is 18.9. The molecule has 4 aromatic rings. The van der Waals surface area contributed by atoms with Crippen LogP contribution in [0.4, 0.5) is 18.9 Å². The maximum absolute atomic E-state index is 13.8. The van der Waals surface area contributed by atoms with Crippen LogP contribution in [0.1, 0.15) is 32.0 Å². The Morgan fingerprint density at radius 2 is 1.74 bits per heavy atom. The Labute approximate surface area is 198 Å². The van der Waals surface area contributed by atoms with Gasteiger partial charge in [0, 0.05) is 36.3 Å². The molecule has 0 aliphatic carbocycles. The van der Waals surface area contributed by atoms with E-state index in [0.29, 0.717) is 17.7 Å². The number of nitrogens with zero attached hydrogens (tertiary/aromatic N) is 3. The van der Waals surface area contributed by atoms with Crippen molar-refractivity contribution in [2.24, 2.45) is 7.05 Å². The number of ether oxygens (including phenoxy) is 1. The number of alkyl halides is 3. The molecule has 0 bridgehead atoms. The minimum atomic E-state index is -4.71. The first kappa shape index (κ1) is 22.6. The third kappa shape index (κ3) is 3.82. The lowest BCUT2D eigenvalue weighted by Gasteiger charge is -2.31. The molecule has 178 valence electrons. The molecule has 0 spiro atoms. The van der Waals surface area contributed by atoms with Gasteiger partial charge in [0.15, 0.2) is 5.69 Å². The Bertz CT molecular complexity index is 1490. The fraction of sp³-hybridized carbons (Fsp3) is 0.192. The molecule has 35 heavy (non-hydrogen) atoms. The van der Waals surface area contributed by atoms with Crippen LogP contribution < -0.4 is 4.90 Å². The van der Waals surface area contributed by atoms with Crippen molar-refractivity contribution in [3.05, 3.63) is 83.2 Å². The first-order valence-electron chi connectivity index (χ1n) is 10.8. The number of halogens is 3. The van der Waals surface area contributed by atoms with Crippen LogP contribution in [-0.4, -0.2) is 35.3 Å². The highest BCUT2D eigenvalue weighted by atomic mass is 19.4. The van der Waals surface area contributed by atoms with Gasteiger partial charge in [0.2, 0.25) is 0 Å². The molecule has 0 atom stereocenters. The van der Waals surface area contributed by atoms with E-state index >= 15 is 0 Å². The quantitative estimate of drug-likeness (QED) is 0.377. The number of hydrogen-bond donors (Lipinski definition) is 0. The second-order valence-electron chi connectivity index (χ2n) is 8.31. The SMILES string of the molecule is COC(=O)c1cc2c(c(-c3cn(C)nc3C(F)(F)F)c1)CCN(c1cccc3ccccc13)C2=O. The molecule has 2 heterocycles. The normalized spacial score (nSPS) is 13.7. The standard InChI is InChI=1S/C26H20F3N3O3/c1-31-14-21(23(30-31)26(27,28)29)19-12-16(25(34)35-2)13-20-18(19)10-11-32(24(20)33)22-9-5-7-15-6-3-4-8-17(15)22/h3-9,12-14H,10-11H2,1-2H3. The summed E-state index contributed by atoms with van der Waals surface area (Å²) in [6, 6.07) is 16.0. The van der Waals surface area contributed by atoms with E-state index in [1.807, 2.05) is 42.5 Å². The van der Waals surface area contributed by atoms with Gasteiger partial charge in [-0.3, -0.25) is 9.48 Å². The van der Waals surface area contributed by atoms with E-state index in [2.05, 4.69) is 5.10 Å². The van der Waals surface area contributed by atoms with E-state index in [4.69, 9.17) is 4.74 Å². The van der Waals surface area contributed by atoms with Gasteiger partial charge in [0.05, 0.1) is 18.4 Å². The third-order valence-corrected chi connectivity index (χ3v) is 6.18. The highest BCUT2D eigenvalue weighted by Crippen LogP contribution is 2.41. The second kappa shape index (κ2) is 8.26. The number of fused-ring (bicyclic) bond motifs is 2. The van der Waals surface area contributed by atoms with E-state index in [0.717, 1.165) is 15.5 Å². The molecule has 0 saturated heterocycles. The molecular weight excluding hydrogens is 459 g/mol. The predicted molar refractivity (Wildman–Crippen MR) is 124 cm³/mol. The van der Waals surface area contributed by atoms with Gasteiger partial charge < -0.3 is 9.64 Å². The molecule has 0 fully saturated rings. The first-order valence-corrected chi connectivity index (χ1v) is 10.8. The summed E-state index contributed by atoms with van der Waals surface area (Å²) in [4.78, 5) is 27.7. The van der Waals surface area contributed by atoms with Crippen molar-refractivity contribution in [2.75, 3.05) is 18.6 Å². The summed E-state index contributed by atoms with van der Waals surface area (Å²) in [5.74, 6) is -1.14. The van der Waals surface area contributed by atoms with Crippen molar-refractivity contribution < 1.29 is 27.5 Å². The van der Waals surface area contributed by atoms with E-state index in [1.54, 1.807) is 4.90 Å². The van der Waals surface area contributed by atoms with Gasteiger partial charge in [-0.1, -0.05) is 36.4 Å². The van der Waals surface area contributed by atoms with Gasteiger partial charge in [0.1, 0.15) is 0 Å². The smallest absolute Gasteiger partial charge is 0.435 e. The maximum Gasteiger partial charge on any atom is 0.435 e. The van der Waals surface area contributed by atoms with Crippen molar-refractivity contribution in [2.45, 2.75) is 12.6 Å². The van der Waals surface area contributed by atoms with Crippen LogP contribution in [0, 0.1) is 0 Å². The van der Waals surface area contributed by atoms with Crippen molar-refractivity contribution in [3.8, 4) is 11.1 Å². The molecule has 3 aromatic carbocycles. The second-order valence-corrected chi connectivity index (χ2v) is 8.31. The number of anilines is 1. The maximum atomic E-state index is 13.8. The summed E-state index contributed by atoms with van der Waals surface area (Å²) < 4.78 is 47.2. The fourth-order valence-corrected chi connectivity index (χ4v) is 4.65. The topological polar surface area (TPSA) is 64.4 Å². The average Bonchev–Trinajstić information content (AvgIpc) is 3.25. The lowest BCUT2D eigenvalue weighted by atomic mass is 9.88. The number of amides is 1. The van der Waals surface area contributed by atoms with Crippen molar-refractivity contribution in [3.63, 3.8) is 0 Å². The molecule has 0 N–H and O–H groups in total. The minimum absolute atomic E-state index is 0.00801. The zero-order chi connectivity index (χ0) is 24.9. The van der Waals surface area contributed by atoms with E-state index in [9.17, 15) is 22.8 Å². The number of benzene rings is 3. The largest absolute Gasteiger partial charge is 0.465 e. The molecule has 1 amide bonds. The first-order chi connectivity index (χ1) is 16.7. The van der Waals surface area contributed by atoms with Crippen LogP contribution >= 0.6 is 0 Å². The highest BCUT2D eigenvalue weighted by Gasteiger charge is 2.39. The number of carbonyl (C=O) groups excluding carboxylic acids is 2. The van der Waals surface area contributed by atoms with Crippen LogP contribution in [0.25, 0.3) is 21.9 Å². The summed E-state index contributed by atoms with van der Waals surface area (Å²) in [6.45, 7) is 0.270. The Kier molecular flexibility index (Phi) is 5.35. The average molecular weight is 479 g/mol. The van der Waals surface area contributed by atoms with Crippen LogP contribution in [0.5, 0.6) is 0 Å². The molecule has 0 saturated carbocycles. The highest BCUT2D eigenvalue weighted by molar-refractivity contribution is 6.14. The van der Waals surface area contributed by atoms with Crippen molar-refractivity contribution in [1.29, 1.82) is 0 Å². The van der Waals surface area contributed by atoms with Crippen LogP contribution in [0.2, 0.25) is 0 Å². The lowest BCUT2D eigenvalue weighted by Crippen LogP contribution is -2.38. The number of aromatic nitrogens is 2. The summed E-state index contributed by atoms with van der Waals surface area (Å²) in [7, 11) is 2.57. The molecule has 1 aliphatic rings. The van der Waals surface area contributed by atoms with Gasteiger partial charge in [-0.2, -0.15) is 18.3 Å². The number of methoxy groups -OCH3 is 1. The summed E-state index contributed by atoms with van der Waals surface area (Å²) in [5.41, 5.74) is 0.181. The van der Waals surface area contributed by atoms with E-state index in [1.165, 1.54) is 32.5 Å². The van der Waals surface area contributed by atoms with Crippen molar-refractivity contribution >= 4 is 28.3 Å². The van der Waals surface area contributed by atoms with Crippen LogP contribution in [0.15, 0.2) is 60.8 Å². The van der Waals surface area contributed by atoms with Gasteiger partial charge in [0.25, 0.3) is 5.91 Å². The number of rotatable bonds is 3. The Morgan fingerprint density at radius 1 is 1.03 bits per heavy atom. The van der Waals surface area contributed by atoms with Crippen LogP contribution in [-0.2, 0) is 24.4 Å². The zero-order valence-corrected chi connectivity index (χ0v) is 18.9. The van der Waals surface area contributed by atoms with Gasteiger partial charge in [-0.25, -0.2) is 4.79 Å². The van der Waals surface area contributed by atoms with Crippen LogP contribution in [0.3, 0.4) is 0 Å². The van der Waals surface area contributed by atoms with Gasteiger partial charge in [-0.15, -0.1) is 0 Å². The lowest BCUT2D eigenvalue weighted by molar-refractivity contribution is -0.140. The number of aryl methyl sites for hydroxylation is 1. The van der Waals surface area contributed by atoms with Gasteiger partial charge in [-0.05, 0) is 41.1 Å². The molecule has 5 rings (SSSR count). The van der Waals surface area contributed by atoms with Gasteiger partial charge >= 0.3 is 12.1 Å². The Hall–Kier alpha value is -4.14. The third-order valence-electron chi connectivity index (χ3n) is 6.18. The predicted octanol–water partition coefficient (Wildman–Crippen LogP) is 5.25. The Balaban J connectivity index is 1.71. The van der Waals surface area contributed by atoms with Crippen molar-refractivity contribution in [1.82, 2.24) is 9.78 Å². The molecule has 1 aliphatic heterocycles. The minimum Gasteiger partial charge on any atom is -0.465 e. The monoisotopic (exact) mass is 479 g/mol. The number of hydrogen-bond acceptors (Lipinski definition) is 4. The Morgan fingerprint density at radius 3 is 2.49 bits per heavy atom. The van der Waals surface area contributed by atoms with E-state index < -0.39 is 23.7 Å². The fourth-order valence-electron chi connectivity index (χ4n) is 4.65. The summed E-state index contributed by atoms with van der Waals surface area (Å²) >= 11 is 0. The molecule has 0 radical (unpaired) electrons. The van der Waals surface area contributed by atoms with E-state index in [-0.39, 0.29) is 28.8 Å². The molecule has 9 heteroatoms. The number of esters is 1.